The largest absolute Gasteiger partial charge is 0.497 e. The summed E-state index contributed by atoms with van der Waals surface area (Å²) in [5, 5.41) is 0. The van der Waals surface area contributed by atoms with Gasteiger partial charge in [0.05, 0.1) is 26.2 Å². The summed E-state index contributed by atoms with van der Waals surface area (Å²) < 4.78 is 10.4. The smallest absolute Gasteiger partial charge is 0.119 e. The van der Waals surface area contributed by atoms with E-state index in [1.165, 1.54) is 0 Å². The molecule has 4 heteroatoms. The summed E-state index contributed by atoms with van der Waals surface area (Å²) in [7, 11) is 3.73. The standard InChI is InChI=1S/C17H20N2O2/c1-19(11-14-7-9-21-13-14)12-16-10-17(20-2)6-5-15(16)4-3-8-18/h5-7,9-10,13H,8,11-12,18H2,1-2H3. The summed E-state index contributed by atoms with van der Waals surface area (Å²) >= 11 is 0. The molecule has 0 aliphatic rings. The van der Waals surface area contributed by atoms with Crippen molar-refractivity contribution in [1.29, 1.82) is 0 Å². The molecule has 0 aliphatic carbocycles. The number of hydrogen-bond donors (Lipinski definition) is 1. The highest BCUT2D eigenvalue weighted by Crippen LogP contribution is 2.19. The Morgan fingerprint density at radius 1 is 1.29 bits per heavy atom. The van der Waals surface area contributed by atoms with Crippen LogP contribution in [-0.4, -0.2) is 25.6 Å². The van der Waals surface area contributed by atoms with Gasteiger partial charge in [0.25, 0.3) is 0 Å². The van der Waals surface area contributed by atoms with Gasteiger partial charge < -0.3 is 14.9 Å². The summed E-state index contributed by atoms with van der Waals surface area (Å²) in [6.45, 7) is 1.95. The summed E-state index contributed by atoms with van der Waals surface area (Å²) in [5.74, 6) is 6.85. The average molecular weight is 284 g/mol. The molecule has 0 radical (unpaired) electrons. The molecule has 2 aromatic rings. The van der Waals surface area contributed by atoms with Gasteiger partial charge in [-0.05, 0) is 36.9 Å². The maximum absolute atomic E-state index is 5.45. The Hall–Kier alpha value is -2.22. The number of benzene rings is 1. The molecule has 4 nitrogen and oxygen atoms in total. The predicted molar refractivity (Wildman–Crippen MR) is 82.8 cm³/mol. The van der Waals surface area contributed by atoms with Gasteiger partial charge in [0.1, 0.15) is 5.75 Å². The lowest BCUT2D eigenvalue weighted by Gasteiger charge is -2.17. The third-order valence-electron chi connectivity index (χ3n) is 3.11. The fraction of sp³-hybridized carbons (Fsp3) is 0.294. The maximum atomic E-state index is 5.45. The van der Waals surface area contributed by atoms with Gasteiger partial charge in [-0.15, -0.1) is 0 Å². The number of rotatable bonds is 5. The molecular weight excluding hydrogens is 264 g/mol. The van der Waals surface area contributed by atoms with E-state index < -0.39 is 0 Å². The first-order chi connectivity index (χ1) is 10.2. The van der Waals surface area contributed by atoms with Crippen LogP contribution >= 0.6 is 0 Å². The van der Waals surface area contributed by atoms with Crippen molar-refractivity contribution in [1.82, 2.24) is 4.90 Å². The van der Waals surface area contributed by atoms with Crippen LogP contribution in [0.15, 0.2) is 41.2 Å². The van der Waals surface area contributed by atoms with Crippen molar-refractivity contribution < 1.29 is 9.15 Å². The minimum atomic E-state index is 0.357. The van der Waals surface area contributed by atoms with Crippen LogP contribution in [0, 0.1) is 11.8 Å². The Bertz CT molecular complexity index is 624. The number of methoxy groups -OCH3 is 1. The highest BCUT2D eigenvalue weighted by atomic mass is 16.5. The molecule has 1 aromatic heterocycles. The van der Waals surface area contributed by atoms with Gasteiger partial charge >= 0.3 is 0 Å². The zero-order valence-corrected chi connectivity index (χ0v) is 12.4. The van der Waals surface area contributed by atoms with Crippen LogP contribution in [0.5, 0.6) is 5.75 Å². The lowest BCUT2D eigenvalue weighted by atomic mass is 10.1. The van der Waals surface area contributed by atoms with Gasteiger partial charge in [0, 0.05) is 24.2 Å². The molecule has 0 saturated heterocycles. The van der Waals surface area contributed by atoms with E-state index in [1.807, 2.05) is 24.3 Å². The lowest BCUT2D eigenvalue weighted by Crippen LogP contribution is -2.17. The number of hydrogen-bond acceptors (Lipinski definition) is 4. The van der Waals surface area contributed by atoms with Gasteiger partial charge in [-0.2, -0.15) is 0 Å². The molecule has 0 amide bonds. The summed E-state index contributed by atoms with van der Waals surface area (Å²) in [6.07, 6.45) is 3.45. The number of nitrogens with zero attached hydrogens (tertiary/aromatic N) is 1. The van der Waals surface area contributed by atoms with E-state index >= 15 is 0 Å². The second kappa shape index (κ2) is 7.53. The monoisotopic (exact) mass is 284 g/mol. The van der Waals surface area contributed by atoms with E-state index in [9.17, 15) is 0 Å². The maximum Gasteiger partial charge on any atom is 0.119 e. The molecule has 1 aromatic carbocycles. The first-order valence-electron chi connectivity index (χ1n) is 6.78. The molecule has 0 saturated carbocycles. The van der Waals surface area contributed by atoms with E-state index in [0.29, 0.717) is 6.54 Å². The van der Waals surface area contributed by atoms with Crippen LogP contribution in [0.2, 0.25) is 0 Å². The van der Waals surface area contributed by atoms with Crippen molar-refractivity contribution in [3.63, 3.8) is 0 Å². The minimum absolute atomic E-state index is 0.357. The summed E-state index contributed by atoms with van der Waals surface area (Å²) in [5.41, 5.74) is 8.72. The molecule has 1 heterocycles. The van der Waals surface area contributed by atoms with Gasteiger partial charge in [0.15, 0.2) is 0 Å². The normalized spacial score (nSPS) is 10.3. The first kappa shape index (κ1) is 15.2. The molecule has 0 unspecified atom stereocenters. The van der Waals surface area contributed by atoms with Gasteiger partial charge in [0.2, 0.25) is 0 Å². The van der Waals surface area contributed by atoms with Crippen molar-refractivity contribution in [2.45, 2.75) is 13.1 Å². The minimum Gasteiger partial charge on any atom is -0.497 e. The van der Waals surface area contributed by atoms with Gasteiger partial charge in [-0.1, -0.05) is 11.8 Å². The molecule has 0 aliphatic heterocycles. The van der Waals surface area contributed by atoms with E-state index in [1.54, 1.807) is 19.6 Å². The second-order valence-electron chi connectivity index (χ2n) is 4.83. The highest BCUT2D eigenvalue weighted by molar-refractivity contribution is 5.45. The fourth-order valence-corrected chi connectivity index (χ4v) is 2.14. The second-order valence-corrected chi connectivity index (χ2v) is 4.83. The SMILES string of the molecule is COc1ccc(C#CCN)c(CN(C)Cc2ccoc2)c1. The summed E-state index contributed by atoms with van der Waals surface area (Å²) in [4.78, 5) is 2.20. The van der Waals surface area contributed by atoms with Crippen molar-refractivity contribution in [2.75, 3.05) is 20.7 Å². The molecule has 0 atom stereocenters. The van der Waals surface area contributed by atoms with E-state index in [-0.39, 0.29) is 0 Å². The van der Waals surface area contributed by atoms with E-state index in [0.717, 1.165) is 35.5 Å². The van der Waals surface area contributed by atoms with Gasteiger partial charge in [-0.3, -0.25) is 4.90 Å². The van der Waals surface area contributed by atoms with Crippen molar-refractivity contribution in [2.24, 2.45) is 5.73 Å². The number of furan rings is 1. The average Bonchev–Trinajstić information content (AvgIpc) is 2.98. The lowest BCUT2D eigenvalue weighted by molar-refractivity contribution is 0.316. The number of nitrogens with two attached hydrogens (primary N) is 1. The molecule has 2 N–H and O–H groups in total. The van der Waals surface area contributed by atoms with Crippen LogP contribution in [0.4, 0.5) is 0 Å². The highest BCUT2D eigenvalue weighted by Gasteiger charge is 2.07. The quantitative estimate of drug-likeness (QED) is 0.855. The fourth-order valence-electron chi connectivity index (χ4n) is 2.14. The zero-order valence-electron chi connectivity index (χ0n) is 12.4. The Labute approximate surface area is 125 Å². The number of ether oxygens (including phenoxy) is 1. The van der Waals surface area contributed by atoms with Crippen LogP contribution < -0.4 is 10.5 Å². The van der Waals surface area contributed by atoms with Crippen LogP contribution in [0.3, 0.4) is 0 Å². The van der Waals surface area contributed by atoms with E-state index in [2.05, 4.69) is 23.8 Å². The van der Waals surface area contributed by atoms with Crippen LogP contribution in [-0.2, 0) is 13.1 Å². The summed E-state index contributed by atoms with van der Waals surface area (Å²) in [6, 6.07) is 7.88. The molecule has 0 spiro atoms. The first-order valence-corrected chi connectivity index (χ1v) is 6.78. The Balaban J connectivity index is 2.15. The van der Waals surface area contributed by atoms with E-state index in [4.69, 9.17) is 14.9 Å². The van der Waals surface area contributed by atoms with Crippen LogP contribution in [0.25, 0.3) is 0 Å². The third kappa shape index (κ3) is 4.38. The predicted octanol–water partition coefficient (Wildman–Crippen LogP) is 2.23. The topological polar surface area (TPSA) is 51.6 Å². The Morgan fingerprint density at radius 2 is 2.14 bits per heavy atom. The van der Waals surface area contributed by atoms with Crippen molar-refractivity contribution >= 4 is 0 Å². The molecule has 21 heavy (non-hydrogen) atoms. The zero-order chi connectivity index (χ0) is 15.1. The molecule has 2 rings (SSSR count). The Kier molecular flexibility index (Phi) is 5.44. The van der Waals surface area contributed by atoms with Gasteiger partial charge in [-0.25, -0.2) is 0 Å². The third-order valence-corrected chi connectivity index (χ3v) is 3.11. The Morgan fingerprint density at radius 3 is 2.81 bits per heavy atom. The molecular formula is C17H20N2O2. The molecule has 110 valence electrons. The molecule has 0 bridgehead atoms. The van der Waals surface area contributed by atoms with Crippen LogP contribution in [0.1, 0.15) is 16.7 Å². The molecule has 0 fully saturated rings. The van der Waals surface area contributed by atoms with Crippen molar-refractivity contribution in [3.8, 4) is 17.6 Å². The van der Waals surface area contributed by atoms with Crippen molar-refractivity contribution in [3.05, 3.63) is 53.5 Å².